The molecule has 0 saturated carbocycles. The number of benzene rings is 3. The van der Waals surface area contributed by atoms with E-state index in [4.69, 9.17) is 9.47 Å². The lowest BCUT2D eigenvalue weighted by Gasteiger charge is -2.13. The summed E-state index contributed by atoms with van der Waals surface area (Å²) >= 11 is 1.30. The maximum atomic E-state index is 13.8. The average Bonchev–Trinajstić information content (AvgIpc) is 3.26. The third-order valence-electron chi connectivity index (χ3n) is 4.72. The van der Waals surface area contributed by atoms with Crippen LogP contribution in [0.3, 0.4) is 0 Å². The number of aromatic nitrogens is 2. The number of hydrogen-bond acceptors (Lipinski definition) is 6. The van der Waals surface area contributed by atoms with Gasteiger partial charge in [0.2, 0.25) is 0 Å². The Morgan fingerprint density at radius 1 is 1.12 bits per heavy atom. The van der Waals surface area contributed by atoms with Crippen LogP contribution in [0.4, 0.5) is 4.39 Å². The number of hydrazone groups is 1. The van der Waals surface area contributed by atoms with E-state index in [1.807, 2.05) is 31.2 Å². The molecule has 1 aromatic heterocycles. The first-order valence-electron chi connectivity index (χ1n) is 10.6. The highest BCUT2D eigenvalue weighted by molar-refractivity contribution is 7.99. The third kappa shape index (κ3) is 6.14. The van der Waals surface area contributed by atoms with Gasteiger partial charge in [-0.05, 0) is 48.9 Å². The highest BCUT2D eigenvalue weighted by atomic mass is 32.2. The minimum absolute atomic E-state index is 0.0825. The minimum atomic E-state index is -0.321. The van der Waals surface area contributed by atoms with Crippen LogP contribution < -0.4 is 14.9 Å². The van der Waals surface area contributed by atoms with E-state index in [9.17, 15) is 9.18 Å². The lowest BCUT2D eigenvalue weighted by atomic mass is 10.2. The van der Waals surface area contributed by atoms with Gasteiger partial charge in [-0.3, -0.25) is 4.79 Å². The molecule has 0 radical (unpaired) electrons. The Morgan fingerprint density at radius 3 is 2.76 bits per heavy atom. The molecule has 1 heterocycles. The zero-order chi connectivity index (χ0) is 23.8. The maximum Gasteiger partial charge on any atom is 0.250 e. The van der Waals surface area contributed by atoms with Crippen molar-refractivity contribution in [3.8, 4) is 11.5 Å². The van der Waals surface area contributed by atoms with Crippen molar-refractivity contribution >= 4 is 34.9 Å². The molecule has 0 unspecified atom stereocenters. The van der Waals surface area contributed by atoms with E-state index < -0.39 is 0 Å². The molecule has 4 rings (SSSR count). The Labute approximate surface area is 200 Å². The molecule has 0 saturated heterocycles. The van der Waals surface area contributed by atoms with E-state index in [0.29, 0.717) is 34.4 Å². The van der Waals surface area contributed by atoms with Crippen molar-refractivity contribution in [2.24, 2.45) is 5.10 Å². The molecule has 0 aliphatic heterocycles. The number of carbonyl (C=O) groups is 1. The molecular formula is C25H23FN4O3S. The molecule has 7 nitrogen and oxygen atoms in total. The van der Waals surface area contributed by atoms with Gasteiger partial charge >= 0.3 is 0 Å². The zero-order valence-corrected chi connectivity index (χ0v) is 19.3. The predicted molar refractivity (Wildman–Crippen MR) is 131 cm³/mol. The summed E-state index contributed by atoms with van der Waals surface area (Å²) in [5.41, 5.74) is 5.46. The smallest absolute Gasteiger partial charge is 0.250 e. The number of H-pyrrole nitrogens is 1. The van der Waals surface area contributed by atoms with Gasteiger partial charge in [-0.1, -0.05) is 42.1 Å². The Morgan fingerprint density at radius 2 is 1.94 bits per heavy atom. The minimum Gasteiger partial charge on any atom is -0.490 e. The monoisotopic (exact) mass is 478 g/mol. The SMILES string of the molecule is CCOc1cc(/C=N/NC(=O)CSc2nc3ccccc3[nH]2)ccc1OCc1ccccc1F. The second kappa shape index (κ2) is 11.3. The van der Waals surface area contributed by atoms with E-state index in [1.54, 1.807) is 36.4 Å². The molecule has 0 fully saturated rings. The van der Waals surface area contributed by atoms with Crippen LogP contribution in [-0.2, 0) is 11.4 Å². The first-order chi connectivity index (χ1) is 16.6. The number of carbonyl (C=O) groups excluding carboxylic acids is 1. The standard InChI is InChI=1S/C25H23FN4O3S/c1-2-32-23-13-17(11-12-22(23)33-15-18-7-3-4-8-19(18)26)14-27-30-24(31)16-34-25-28-20-9-5-6-10-21(20)29-25/h3-14H,2,15-16H2,1H3,(H,28,29)(H,30,31)/b27-14+. The number of rotatable bonds is 10. The van der Waals surface area contributed by atoms with E-state index >= 15 is 0 Å². The molecule has 0 spiro atoms. The normalized spacial score (nSPS) is 11.1. The van der Waals surface area contributed by atoms with Crippen molar-refractivity contribution < 1.29 is 18.7 Å². The Balaban J connectivity index is 1.32. The molecule has 0 aliphatic rings. The molecule has 174 valence electrons. The molecule has 0 atom stereocenters. The number of nitrogens with one attached hydrogen (secondary N) is 2. The molecule has 0 aliphatic carbocycles. The van der Waals surface area contributed by atoms with E-state index in [0.717, 1.165) is 11.0 Å². The third-order valence-corrected chi connectivity index (χ3v) is 5.59. The predicted octanol–water partition coefficient (Wildman–Crippen LogP) is 4.92. The number of amides is 1. The van der Waals surface area contributed by atoms with Crippen LogP contribution in [0.15, 0.2) is 77.0 Å². The summed E-state index contributed by atoms with van der Waals surface area (Å²) in [6.45, 7) is 2.38. The van der Waals surface area contributed by atoms with Crippen molar-refractivity contribution in [3.05, 3.63) is 83.7 Å². The van der Waals surface area contributed by atoms with Crippen LogP contribution in [0.1, 0.15) is 18.1 Å². The van der Waals surface area contributed by atoms with Crippen molar-refractivity contribution in [3.63, 3.8) is 0 Å². The zero-order valence-electron chi connectivity index (χ0n) is 18.5. The second-order valence-corrected chi connectivity index (χ2v) is 8.12. The van der Waals surface area contributed by atoms with Crippen molar-refractivity contribution in [2.75, 3.05) is 12.4 Å². The summed E-state index contributed by atoms with van der Waals surface area (Å²) in [7, 11) is 0. The summed E-state index contributed by atoms with van der Waals surface area (Å²) in [6.07, 6.45) is 1.52. The van der Waals surface area contributed by atoms with Gasteiger partial charge in [-0.15, -0.1) is 0 Å². The molecule has 9 heteroatoms. The van der Waals surface area contributed by atoms with E-state index in [1.165, 1.54) is 24.0 Å². The fourth-order valence-corrected chi connectivity index (χ4v) is 3.78. The van der Waals surface area contributed by atoms with Gasteiger partial charge in [0.05, 0.1) is 29.6 Å². The van der Waals surface area contributed by atoms with Crippen molar-refractivity contribution in [2.45, 2.75) is 18.7 Å². The van der Waals surface area contributed by atoms with Gasteiger partial charge in [0.1, 0.15) is 12.4 Å². The molecule has 2 N–H and O–H groups in total. The van der Waals surface area contributed by atoms with Crippen LogP contribution >= 0.6 is 11.8 Å². The fourth-order valence-electron chi connectivity index (χ4n) is 3.11. The number of thioether (sulfide) groups is 1. The van der Waals surface area contributed by atoms with Gasteiger partial charge in [0, 0.05) is 5.56 Å². The van der Waals surface area contributed by atoms with Crippen LogP contribution in [0.5, 0.6) is 11.5 Å². The number of para-hydroxylation sites is 2. The lowest BCUT2D eigenvalue weighted by Crippen LogP contribution is -2.19. The van der Waals surface area contributed by atoms with Crippen LogP contribution in [0.2, 0.25) is 0 Å². The number of nitrogens with zero attached hydrogens (tertiary/aromatic N) is 2. The van der Waals surface area contributed by atoms with Crippen molar-refractivity contribution in [1.82, 2.24) is 15.4 Å². The molecule has 3 aromatic carbocycles. The fraction of sp³-hybridized carbons (Fsp3) is 0.160. The number of ether oxygens (including phenoxy) is 2. The number of hydrogen-bond donors (Lipinski definition) is 2. The topological polar surface area (TPSA) is 88.6 Å². The van der Waals surface area contributed by atoms with Gasteiger partial charge in [0.15, 0.2) is 16.7 Å². The van der Waals surface area contributed by atoms with Gasteiger partial charge in [0.25, 0.3) is 5.91 Å². The number of aromatic amines is 1. The first kappa shape index (κ1) is 23.3. The number of halogens is 1. The Kier molecular flexibility index (Phi) is 7.77. The summed E-state index contributed by atoms with van der Waals surface area (Å²) in [4.78, 5) is 19.7. The number of fused-ring (bicyclic) bond motifs is 1. The van der Waals surface area contributed by atoms with Gasteiger partial charge in [-0.25, -0.2) is 14.8 Å². The molecule has 1 amide bonds. The van der Waals surface area contributed by atoms with Crippen LogP contribution in [0.25, 0.3) is 11.0 Å². The molecular weight excluding hydrogens is 455 g/mol. The second-order valence-electron chi connectivity index (χ2n) is 7.16. The first-order valence-corrected chi connectivity index (χ1v) is 11.6. The highest BCUT2D eigenvalue weighted by Crippen LogP contribution is 2.29. The lowest BCUT2D eigenvalue weighted by molar-refractivity contribution is -0.118. The largest absolute Gasteiger partial charge is 0.490 e. The molecule has 4 aromatic rings. The number of imidazole rings is 1. The van der Waals surface area contributed by atoms with E-state index in [2.05, 4.69) is 20.5 Å². The van der Waals surface area contributed by atoms with Gasteiger partial charge < -0.3 is 14.5 Å². The Hall–Kier alpha value is -3.85. The van der Waals surface area contributed by atoms with Crippen molar-refractivity contribution in [1.29, 1.82) is 0 Å². The summed E-state index contributed by atoms with van der Waals surface area (Å²) in [6, 6.07) is 19.4. The van der Waals surface area contributed by atoms with Crippen LogP contribution in [-0.4, -0.2) is 34.4 Å². The van der Waals surface area contributed by atoms with Crippen LogP contribution in [0, 0.1) is 5.82 Å². The summed E-state index contributed by atoms with van der Waals surface area (Å²) < 4.78 is 25.3. The summed E-state index contributed by atoms with van der Waals surface area (Å²) in [5.74, 6) is 0.600. The molecule has 34 heavy (non-hydrogen) atoms. The summed E-state index contributed by atoms with van der Waals surface area (Å²) in [5, 5.41) is 4.69. The molecule has 0 bridgehead atoms. The highest BCUT2D eigenvalue weighted by Gasteiger charge is 2.09. The maximum absolute atomic E-state index is 13.8. The quantitative estimate of drug-likeness (QED) is 0.192. The Bertz CT molecular complexity index is 1280. The van der Waals surface area contributed by atoms with E-state index in [-0.39, 0.29) is 24.1 Å². The average molecular weight is 479 g/mol. The van der Waals surface area contributed by atoms with Gasteiger partial charge in [-0.2, -0.15) is 5.10 Å².